The second kappa shape index (κ2) is 23.4. The van der Waals surface area contributed by atoms with E-state index in [1.54, 1.807) is 0 Å². The van der Waals surface area contributed by atoms with Crippen LogP contribution >= 0.6 is 0 Å². The van der Waals surface area contributed by atoms with Crippen LogP contribution in [0.15, 0.2) is 5.29 Å². The predicted molar refractivity (Wildman–Crippen MR) is 124 cm³/mol. The van der Waals surface area contributed by atoms with Crippen molar-refractivity contribution in [1.82, 2.24) is 10.3 Å². The molecule has 8 nitrogen and oxygen atoms in total. The Morgan fingerprint density at radius 3 is 1.81 bits per heavy atom. The lowest BCUT2D eigenvalue weighted by atomic mass is 10.0. The lowest BCUT2D eigenvalue weighted by molar-refractivity contribution is -0.368. The Bertz CT molecular complexity index is 413. The quantitative estimate of drug-likeness (QED) is 0.0935. The van der Waals surface area contributed by atoms with Crippen LogP contribution in [-0.2, 0) is 9.53 Å². The molecule has 0 atom stereocenters. The Balaban J connectivity index is 3.49. The minimum Gasteiger partial charge on any atom is -0.466 e. The van der Waals surface area contributed by atoms with E-state index in [2.05, 4.69) is 17.9 Å². The molecule has 8 heteroatoms. The zero-order valence-corrected chi connectivity index (χ0v) is 20.1. The average molecular weight is 446 g/mol. The van der Waals surface area contributed by atoms with E-state index < -0.39 is 0 Å². The highest BCUT2D eigenvalue weighted by Crippen LogP contribution is 2.13. The number of nitroso groups, excluding NO2 is 1. The van der Waals surface area contributed by atoms with E-state index in [1.165, 1.54) is 82.1 Å². The number of ether oxygens (including phenoxy) is 1. The Kier molecular flexibility index (Phi) is 22.5. The molecule has 0 saturated heterocycles. The lowest BCUT2D eigenvalue weighted by Crippen LogP contribution is -2.50. The van der Waals surface area contributed by atoms with Gasteiger partial charge >= 0.3 is 5.97 Å². The summed E-state index contributed by atoms with van der Waals surface area (Å²) >= 11 is 0. The van der Waals surface area contributed by atoms with E-state index >= 15 is 0 Å². The van der Waals surface area contributed by atoms with Crippen molar-refractivity contribution >= 4 is 5.97 Å². The molecule has 0 aromatic rings. The van der Waals surface area contributed by atoms with Crippen molar-refractivity contribution in [1.29, 1.82) is 0 Å². The maximum atomic E-state index is 11.9. The van der Waals surface area contributed by atoms with Crippen molar-refractivity contribution in [3.05, 3.63) is 4.91 Å². The van der Waals surface area contributed by atoms with Gasteiger partial charge in [-0.05, 0) is 19.3 Å². The van der Waals surface area contributed by atoms with Crippen LogP contribution in [0.5, 0.6) is 0 Å². The van der Waals surface area contributed by atoms with Gasteiger partial charge in [0.05, 0.1) is 24.9 Å². The van der Waals surface area contributed by atoms with Crippen LogP contribution in [0, 0.1) is 4.91 Å². The van der Waals surface area contributed by atoms with Crippen LogP contribution in [0.25, 0.3) is 0 Å². The number of hydrazine groups is 1. The number of hydrogen-bond acceptors (Lipinski definition) is 6. The molecule has 0 spiro atoms. The Morgan fingerprint density at radius 1 is 0.806 bits per heavy atom. The highest BCUT2D eigenvalue weighted by molar-refractivity contribution is 5.69. The molecular formula is C23H49N4O4+. The number of carbonyl (C=O) groups excluding carboxylic acids is 1. The number of carbonyl (C=O) groups is 1. The molecule has 0 heterocycles. The molecule has 31 heavy (non-hydrogen) atoms. The van der Waals surface area contributed by atoms with Gasteiger partial charge in [0.25, 0.3) is 0 Å². The van der Waals surface area contributed by atoms with Crippen LogP contribution in [0.2, 0.25) is 0 Å². The second-order valence-corrected chi connectivity index (χ2v) is 8.43. The predicted octanol–water partition coefficient (Wildman–Crippen LogP) is 5.01. The standard InChI is InChI=1S/C23H48N4O4/c1-2-3-4-5-6-7-8-9-10-11-12-13-14-17-22-31-23(28)18-21-26(27(30)25-29)20-16-15-19-24/h30H,2-22,24H2,1H3/p+1. The Morgan fingerprint density at radius 2 is 1.32 bits per heavy atom. The fourth-order valence-electron chi connectivity index (χ4n) is 3.59. The van der Waals surface area contributed by atoms with E-state index in [4.69, 9.17) is 4.74 Å². The molecule has 0 saturated carbocycles. The summed E-state index contributed by atoms with van der Waals surface area (Å²) in [5, 5.41) is 13.6. The SMILES string of the molecule is CCCCCCCCCCCCCCCCOC(=O)CCN(CCCC[NH3+])N(O)N=O. The molecule has 0 radical (unpaired) electrons. The third-order valence-electron chi connectivity index (χ3n) is 5.58. The number of esters is 1. The highest BCUT2D eigenvalue weighted by Gasteiger charge is 2.15. The first kappa shape index (κ1) is 29.8. The number of unbranched alkanes of at least 4 members (excludes halogenated alkanes) is 14. The van der Waals surface area contributed by atoms with Gasteiger partial charge in [0.15, 0.2) is 0 Å². The van der Waals surface area contributed by atoms with Crippen LogP contribution in [0.4, 0.5) is 0 Å². The smallest absolute Gasteiger partial charge is 0.307 e. The summed E-state index contributed by atoms with van der Waals surface area (Å²) in [6.07, 6.45) is 19.9. The molecule has 0 aliphatic heterocycles. The Labute approximate surface area is 189 Å². The highest BCUT2D eigenvalue weighted by atomic mass is 16.6. The fraction of sp³-hybridized carbons (Fsp3) is 0.957. The molecule has 184 valence electrons. The zero-order chi connectivity index (χ0) is 23.0. The maximum Gasteiger partial charge on any atom is 0.307 e. The minimum atomic E-state index is -0.309. The lowest BCUT2D eigenvalue weighted by Gasteiger charge is -2.23. The monoisotopic (exact) mass is 445 g/mol. The molecule has 0 unspecified atom stereocenters. The average Bonchev–Trinajstić information content (AvgIpc) is 2.78. The molecule has 0 rings (SSSR count). The van der Waals surface area contributed by atoms with Crippen molar-refractivity contribution < 1.29 is 20.5 Å². The molecular weight excluding hydrogens is 396 g/mol. The molecule has 0 aliphatic carbocycles. The van der Waals surface area contributed by atoms with Gasteiger partial charge in [0.1, 0.15) is 0 Å². The number of hydrogen-bond donors (Lipinski definition) is 2. The molecule has 0 aliphatic rings. The summed E-state index contributed by atoms with van der Waals surface area (Å²) in [7, 11) is 0. The summed E-state index contributed by atoms with van der Waals surface area (Å²) in [4.78, 5) is 22.4. The molecule has 0 aromatic heterocycles. The summed E-state index contributed by atoms with van der Waals surface area (Å²) in [5.74, 6) is -0.309. The Hall–Kier alpha value is -1.25. The number of rotatable bonds is 24. The van der Waals surface area contributed by atoms with Gasteiger partial charge in [-0.3, -0.25) is 10.0 Å². The number of quaternary nitrogens is 1. The molecule has 0 fully saturated rings. The van der Waals surface area contributed by atoms with Gasteiger partial charge in [0.2, 0.25) is 0 Å². The fourth-order valence-corrected chi connectivity index (χ4v) is 3.59. The van der Waals surface area contributed by atoms with Crippen LogP contribution in [0.1, 0.15) is 116 Å². The van der Waals surface area contributed by atoms with Gasteiger partial charge in [-0.15, -0.1) is 4.91 Å². The van der Waals surface area contributed by atoms with Crippen molar-refractivity contribution in [3.63, 3.8) is 0 Å². The normalized spacial score (nSPS) is 11.1. The van der Waals surface area contributed by atoms with Gasteiger partial charge in [-0.1, -0.05) is 95.7 Å². The van der Waals surface area contributed by atoms with Gasteiger partial charge in [-0.2, -0.15) is 5.01 Å². The van der Waals surface area contributed by atoms with Crippen LogP contribution in [-0.4, -0.2) is 47.7 Å². The maximum absolute atomic E-state index is 11.9. The van der Waals surface area contributed by atoms with Crippen LogP contribution in [0.3, 0.4) is 0 Å². The summed E-state index contributed by atoms with van der Waals surface area (Å²) in [6.45, 7) is 4.14. The minimum absolute atomic E-state index is 0.121. The van der Waals surface area contributed by atoms with Crippen LogP contribution < -0.4 is 5.73 Å². The van der Waals surface area contributed by atoms with E-state index in [0.717, 1.165) is 32.2 Å². The van der Waals surface area contributed by atoms with Crippen molar-refractivity contribution in [3.8, 4) is 0 Å². The first-order valence-electron chi connectivity index (χ1n) is 12.7. The third-order valence-corrected chi connectivity index (χ3v) is 5.58. The van der Waals surface area contributed by atoms with E-state index in [1.807, 2.05) is 0 Å². The third kappa shape index (κ3) is 20.4. The summed E-state index contributed by atoms with van der Waals surface area (Å²) in [6, 6.07) is 0. The second-order valence-electron chi connectivity index (χ2n) is 8.43. The topological polar surface area (TPSA) is 110 Å². The summed E-state index contributed by atoms with van der Waals surface area (Å²) in [5.41, 5.74) is 3.76. The van der Waals surface area contributed by atoms with Crippen molar-refractivity contribution in [2.45, 2.75) is 116 Å². The molecule has 0 bridgehead atoms. The van der Waals surface area contributed by atoms with Gasteiger partial charge in [0, 0.05) is 13.1 Å². The molecule has 4 N–H and O–H groups in total. The zero-order valence-electron chi connectivity index (χ0n) is 20.1. The first-order valence-corrected chi connectivity index (χ1v) is 12.7. The van der Waals surface area contributed by atoms with Gasteiger partial charge in [-0.25, -0.2) is 0 Å². The van der Waals surface area contributed by atoms with Crippen molar-refractivity contribution in [2.24, 2.45) is 5.29 Å². The van der Waals surface area contributed by atoms with Gasteiger partial charge < -0.3 is 10.5 Å². The van der Waals surface area contributed by atoms with E-state index in [0.29, 0.717) is 13.2 Å². The number of nitrogens with zero attached hydrogens (tertiary/aromatic N) is 3. The van der Waals surface area contributed by atoms with E-state index in [9.17, 15) is 14.9 Å². The largest absolute Gasteiger partial charge is 0.466 e. The first-order chi connectivity index (χ1) is 15.2. The molecule has 0 aromatic carbocycles. The van der Waals surface area contributed by atoms with Crippen molar-refractivity contribution in [2.75, 3.05) is 26.2 Å². The van der Waals surface area contributed by atoms with E-state index in [-0.39, 0.29) is 24.2 Å². The molecule has 0 amide bonds. The summed E-state index contributed by atoms with van der Waals surface area (Å²) < 4.78 is 5.25.